The summed E-state index contributed by atoms with van der Waals surface area (Å²) in [5.41, 5.74) is 0.987. The third-order valence-electron chi connectivity index (χ3n) is 4.28. The molecule has 124 valence electrons. The Morgan fingerprint density at radius 3 is 2.78 bits per heavy atom. The zero-order valence-electron chi connectivity index (χ0n) is 13.3. The van der Waals surface area contributed by atoms with E-state index in [-0.39, 0.29) is 5.91 Å². The van der Waals surface area contributed by atoms with Crippen molar-refractivity contribution >= 4 is 5.91 Å². The van der Waals surface area contributed by atoms with Crippen LogP contribution in [0.2, 0.25) is 0 Å². The van der Waals surface area contributed by atoms with E-state index in [0.717, 1.165) is 19.4 Å². The molecule has 0 radical (unpaired) electrons. The van der Waals surface area contributed by atoms with Crippen LogP contribution in [0.5, 0.6) is 0 Å². The first-order chi connectivity index (χ1) is 11.0. The second kappa shape index (κ2) is 6.49. The van der Waals surface area contributed by atoms with Crippen LogP contribution >= 0.6 is 0 Å². The molecule has 0 saturated carbocycles. The summed E-state index contributed by atoms with van der Waals surface area (Å²) in [5.74, 6) is 0.943. The molecule has 1 aliphatic rings. The van der Waals surface area contributed by atoms with Gasteiger partial charge in [0.05, 0.1) is 12.3 Å². The molecule has 2 aromatic heterocycles. The van der Waals surface area contributed by atoms with E-state index < -0.39 is 6.10 Å². The van der Waals surface area contributed by atoms with E-state index in [1.165, 1.54) is 6.39 Å². The van der Waals surface area contributed by atoms with Crippen LogP contribution in [-0.4, -0.2) is 49.0 Å². The summed E-state index contributed by atoms with van der Waals surface area (Å²) in [6, 6.07) is 0. The van der Waals surface area contributed by atoms with E-state index in [1.54, 1.807) is 24.7 Å². The molecule has 0 aliphatic carbocycles. The molecular weight excluding hydrogens is 298 g/mol. The number of nitrogens with zero attached hydrogens (tertiary/aromatic N) is 5. The van der Waals surface area contributed by atoms with Crippen molar-refractivity contribution < 1.29 is 14.3 Å². The zero-order chi connectivity index (χ0) is 16.4. The molecule has 0 aromatic carbocycles. The number of aliphatic hydroxyl groups excluding tert-OH is 1. The molecule has 3 heterocycles. The Morgan fingerprint density at radius 1 is 1.48 bits per heavy atom. The number of amides is 1. The quantitative estimate of drug-likeness (QED) is 0.909. The van der Waals surface area contributed by atoms with Crippen LogP contribution in [0.3, 0.4) is 0 Å². The molecule has 1 aliphatic heterocycles. The largest absolute Gasteiger partial charge is 0.448 e. The van der Waals surface area contributed by atoms with E-state index >= 15 is 0 Å². The lowest BCUT2D eigenvalue weighted by atomic mass is 9.96. The van der Waals surface area contributed by atoms with Gasteiger partial charge >= 0.3 is 0 Å². The Hall–Kier alpha value is -2.22. The third kappa shape index (κ3) is 3.42. The topological polar surface area (TPSA) is 97.3 Å². The molecule has 0 bridgehead atoms. The lowest BCUT2D eigenvalue weighted by molar-refractivity contribution is 0.0674. The maximum atomic E-state index is 12.4. The van der Waals surface area contributed by atoms with E-state index in [0.29, 0.717) is 36.2 Å². The monoisotopic (exact) mass is 319 g/mol. The summed E-state index contributed by atoms with van der Waals surface area (Å²) in [7, 11) is 0. The lowest BCUT2D eigenvalue weighted by Crippen LogP contribution is -2.39. The smallest absolute Gasteiger partial charge is 0.276 e. The van der Waals surface area contributed by atoms with Crippen LogP contribution in [0, 0.1) is 12.8 Å². The van der Waals surface area contributed by atoms with Gasteiger partial charge in [0.2, 0.25) is 0 Å². The van der Waals surface area contributed by atoms with Crippen LogP contribution in [0.15, 0.2) is 17.0 Å². The number of piperidine rings is 1. The Kier molecular flexibility index (Phi) is 4.42. The van der Waals surface area contributed by atoms with Gasteiger partial charge in [0.15, 0.2) is 12.1 Å². The molecule has 0 spiro atoms. The Balaban J connectivity index is 1.54. The fourth-order valence-corrected chi connectivity index (χ4v) is 2.84. The number of aromatic nitrogens is 4. The second-order valence-corrected chi connectivity index (χ2v) is 6.03. The van der Waals surface area contributed by atoms with Gasteiger partial charge in [-0.1, -0.05) is 5.21 Å². The Labute approximate surface area is 134 Å². The normalized spacial score (nSPS) is 17.4. The third-order valence-corrected chi connectivity index (χ3v) is 4.28. The number of aryl methyl sites for hydroxylation is 1. The minimum Gasteiger partial charge on any atom is -0.448 e. The number of hydrogen-bond donors (Lipinski definition) is 1. The maximum absolute atomic E-state index is 12.4. The first-order valence-electron chi connectivity index (χ1n) is 7.82. The first kappa shape index (κ1) is 15.7. The molecule has 1 N–H and O–H groups in total. The average molecular weight is 319 g/mol. The highest BCUT2D eigenvalue weighted by Crippen LogP contribution is 2.21. The summed E-state index contributed by atoms with van der Waals surface area (Å²) in [6.45, 7) is 5.58. The molecule has 1 amide bonds. The van der Waals surface area contributed by atoms with Crippen molar-refractivity contribution in [2.24, 2.45) is 5.92 Å². The van der Waals surface area contributed by atoms with Crippen molar-refractivity contribution in [3.05, 3.63) is 29.7 Å². The molecule has 1 fully saturated rings. The van der Waals surface area contributed by atoms with Crippen molar-refractivity contribution in [2.75, 3.05) is 13.1 Å². The predicted molar refractivity (Wildman–Crippen MR) is 80.5 cm³/mol. The molecular formula is C15H21N5O3. The molecule has 3 rings (SSSR count). The fraction of sp³-hybridized carbons (Fsp3) is 0.600. The molecule has 23 heavy (non-hydrogen) atoms. The van der Waals surface area contributed by atoms with Gasteiger partial charge in [0.25, 0.3) is 5.91 Å². The van der Waals surface area contributed by atoms with Crippen molar-refractivity contribution in [1.29, 1.82) is 0 Å². The summed E-state index contributed by atoms with van der Waals surface area (Å²) in [5, 5.41) is 17.5. The molecule has 8 nitrogen and oxygen atoms in total. The van der Waals surface area contributed by atoms with E-state index in [1.807, 2.05) is 4.90 Å². The molecule has 8 heteroatoms. The number of aliphatic hydroxyl groups is 1. The number of carbonyl (C=O) groups excluding carboxylic acids is 1. The number of hydrogen-bond acceptors (Lipinski definition) is 6. The van der Waals surface area contributed by atoms with Crippen molar-refractivity contribution in [1.82, 2.24) is 24.9 Å². The predicted octanol–water partition coefficient (Wildman–Crippen LogP) is 1.18. The average Bonchev–Trinajstić information content (AvgIpc) is 3.16. The number of carbonyl (C=O) groups is 1. The second-order valence-electron chi connectivity index (χ2n) is 6.03. The van der Waals surface area contributed by atoms with Gasteiger partial charge in [-0.2, -0.15) is 0 Å². The van der Waals surface area contributed by atoms with Crippen molar-refractivity contribution in [2.45, 2.75) is 39.3 Å². The first-order valence-corrected chi connectivity index (χ1v) is 7.82. The van der Waals surface area contributed by atoms with Gasteiger partial charge in [-0.3, -0.25) is 9.48 Å². The summed E-state index contributed by atoms with van der Waals surface area (Å²) in [4.78, 5) is 18.2. The highest BCUT2D eigenvalue weighted by molar-refractivity contribution is 5.93. The minimum absolute atomic E-state index is 0.0631. The minimum atomic E-state index is -0.603. The van der Waals surface area contributed by atoms with Crippen molar-refractivity contribution in [3.63, 3.8) is 0 Å². The van der Waals surface area contributed by atoms with Gasteiger partial charge in [0.1, 0.15) is 11.5 Å². The van der Waals surface area contributed by atoms with Crippen LogP contribution in [0.4, 0.5) is 0 Å². The molecule has 1 saturated heterocycles. The van der Waals surface area contributed by atoms with Gasteiger partial charge in [0, 0.05) is 19.6 Å². The van der Waals surface area contributed by atoms with Crippen molar-refractivity contribution in [3.8, 4) is 0 Å². The van der Waals surface area contributed by atoms with Gasteiger partial charge in [-0.25, -0.2) is 4.98 Å². The summed E-state index contributed by atoms with van der Waals surface area (Å²) in [6.07, 6.45) is 4.30. The van der Waals surface area contributed by atoms with Gasteiger partial charge < -0.3 is 14.4 Å². The Bertz CT molecular complexity index is 670. The lowest BCUT2D eigenvalue weighted by Gasteiger charge is -2.31. The SMILES string of the molecule is Cc1ocnc1C(=O)N1CCC(Cn2cc(C(C)O)nn2)CC1. The highest BCUT2D eigenvalue weighted by Gasteiger charge is 2.26. The van der Waals surface area contributed by atoms with Crippen LogP contribution in [0.1, 0.15) is 47.8 Å². The number of rotatable bonds is 4. The number of likely N-dealkylation sites (tertiary alicyclic amines) is 1. The molecule has 1 atom stereocenters. The molecule has 1 unspecified atom stereocenters. The summed E-state index contributed by atoms with van der Waals surface area (Å²) >= 11 is 0. The van der Waals surface area contributed by atoms with Crippen LogP contribution in [0.25, 0.3) is 0 Å². The number of oxazole rings is 1. The van der Waals surface area contributed by atoms with Crippen LogP contribution in [-0.2, 0) is 6.54 Å². The fourth-order valence-electron chi connectivity index (χ4n) is 2.84. The van der Waals surface area contributed by atoms with E-state index in [4.69, 9.17) is 4.42 Å². The Morgan fingerprint density at radius 2 is 2.22 bits per heavy atom. The maximum Gasteiger partial charge on any atom is 0.276 e. The van der Waals surface area contributed by atoms with Gasteiger partial charge in [-0.05, 0) is 32.6 Å². The van der Waals surface area contributed by atoms with Gasteiger partial charge in [-0.15, -0.1) is 5.10 Å². The highest BCUT2D eigenvalue weighted by atomic mass is 16.3. The van der Waals surface area contributed by atoms with E-state index in [9.17, 15) is 9.90 Å². The zero-order valence-corrected chi connectivity index (χ0v) is 13.3. The van der Waals surface area contributed by atoms with Crippen LogP contribution < -0.4 is 0 Å². The molecule has 2 aromatic rings. The summed E-state index contributed by atoms with van der Waals surface area (Å²) < 4.78 is 6.87. The standard InChI is InChI=1S/C15H21N5O3/c1-10(21)13-8-20(18-17-13)7-12-3-5-19(6-4-12)15(22)14-11(2)23-9-16-14/h8-10,12,21H,3-7H2,1-2H3. The van der Waals surface area contributed by atoms with E-state index in [2.05, 4.69) is 15.3 Å².